The molecule has 31 nitrogen and oxygen atoms in total. The van der Waals surface area contributed by atoms with Crippen molar-refractivity contribution in [2.24, 2.45) is 29.4 Å². The number of nitrogen functional groups attached to an aromatic ring is 1. The molecule has 0 radical (unpaired) electrons. The summed E-state index contributed by atoms with van der Waals surface area (Å²) in [5.74, 6) is 2.89. The van der Waals surface area contributed by atoms with Gasteiger partial charge < -0.3 is 81.1 Å². The highest BCUT2D eigenvalue weighted by molar-refractivity contribution is 5.95. The Hall–Kier alpha value is -9.78. The molecule has 0 spiro atoms. The van der Waals surface area contributed by atoms with Crippen molar-refractivity contribution in [2.75, 3.05) is 126 Å². The number of aromatic nitrogens is 5. The van der Waals surface area contributed by atoms with Crippen molar-refractivity contribution in [1.29, 1.82) is 0 Å². The molecule has 132 heavy (non-hydrogen) atoms. The maximum atomic E-state index is 13.2. The van der Waals surface area contributed by atoms with Crippen molar-refractivity contribution in [3.63, 3.8) is 0 Å². The van der Waals surface area contributed by atoms with Crippen LogP contribution in [0.3, 0.4) is 0 Å². The zero-order valence-electron chi connectivity index (χ0n) is 76.3. The fourth-order valence-corrected chi connectivity index (χ4v) is 14.5. The summed E-state index contributed by atoms with van der Waals surface area (Å²) in [4.78, 5) is 110. The maximum Gasteiger partial charge on any atom is 0.410 e. The van der Waals surface area contributed by atoms with E-state index in [1.165, 1.54) is 0 Å². The first-order chi connectivity index (χ1) is 62.6. The van der Waals surface area contributed by atoms with Gasteiger partial charge in [0, 0.05) is 92.8 Å². The summed E-state index contributed by atoms with van der Waals surface area (Å²) >= 11 is 0. The Morgan fingerprint density at radius 2 is 0.629 bits per heavy atom. The SMILES string of the molecule is CC(C)(C)OC(=O)N(Cc1nc(N)ccc1C1CCOC1)CC(F)F.CC(C)(C)OC(=O)N(Cc1nc(NC(=O)C2CC2)ccc1C1CCOC1)CC(F)F.CC(C)(C)OC(=O)N(Cc1nc(NC(=O)C2CC2)ccc1C1CCOC1)CC(F)F.NCC(F)F.O=C(Nc1ccc(C2CCOC2)c(CNCC(F)F)n1)C1CC1.O=C(Nc1ccc(C2CCOC2)c(CO)n1)C1CC1. The molecule has 5 atom stereocenters. The van der Waals surface area contributed by atoms with Crippen LogP contribution < -0.4 is 38.1 Å². The molecule has 5 aromatic rings. The van der Waals surface area contributed by atoms with Crippen LogP contribution in [0.15, 0.2) is 60.7 Å². The second kappa shape index (κ2) is 50.5. The number of nitrogens with two attached hydrogens (primary N) is 2. The Kier molecular flexibility index (Phi) is 40.5. The van der Waals surface area contributed by atoms with Crippen molar-refractivity contribution in [3.8, 4) is 0 Å². The van der Waals surface area contributed by atoms with E-state index in [-0.39, 0.29) is 116 Å². The molecule has 0 bridgehead atoms. The van der Waals surface area contributed by atoms with Crippen LogP contribution in [0.1, 0.15) is 232 Å². The fraction of sp³-hybridized carbons (Fsp3) is 0.648. The summed E-state index contributed by atoms with van der Waals surface area (Å²) in [7, 11) is 0. The van der Waals surface area contributed by atoms with E-state index < -0.39 is 93.4 Å². The van der Waals surface area contributed by atoms with Crippen LogP contribution in [0.2, 0.25) is 0 Å². The van der Waals surface area contributed by atoms with Gasteiger partial charge in [-0.2, -0.15) is 0 Å². The zero-order chi connectivity index (χ0) is 96.2. The van der Waals surface area contributed by atoms with E-state index in [2.05, 4.69) is 57.2 Å². The Labute approximate surface area is 762 Å². The molecule has 5 aromatic heterocycles. The van der Waals surface area contributed by atoms with Gasteiger partial charge in [-0.3, -0.25) is 33.9 Å². The smallest absolute Gasteiger partial charge is 0.410 e. The number of nitrogens with zero attached hydrogens (tertiary/aromatic N) is 8. The van der Waals surface area contributed by atoms with Gasteiger partial charge in [0.2, 0.25) is 23.6 Å². The zero-order valence-corrected chi connectivity index (χ0v) is 76.3. The van der Waals surface area contributed by atoms with Gasteiger partial charge in [0.25, 0.3) is 32.1 Å². The topological polar surface area (TPSA) is 400 Å². The van der Waals surface area contributed by atoms with Crippen molar-refractivity contribution in [2.45, 2.75) is 257 Å². The number of ether oxygens (including phenoxy) is 8. The molecule has 14 rings (SSSR count). The summed E-state index contributed by atoms with van der Waals surface area (Å²) in [5.41, 5.74) is 15.1. The normalized spacial score (nSPS) is 19.3. The molecular formula is C91H127F10N15O16. The molecule has 5 aliphatic heterocycles. The largest absolute Gasteiger partial charge is 0.444 e. The van der Waals surface area contributed by atoms with E-state index >= 15 is 0 Å². The van der Waals surface area contributed by atoms with Crippen LogP contribution >= 0.6 is 0 Å². The summed E-state index contributed by atoms with van der Waals surface area (Å²) in [6.07, 6.45) is -3.84. The van der Waals surface area contributed by atoms with E-state index in [9.17, 15) is 82.6 Å². The van der Waals surface area contributed by atoms with Gasteiger partial charge in [-0.05, 0) is 204 Å². The molecule has 4 aliphatic carbocycles. The minimum atomic E-state index is -2.71. The van der Waals surface area contributed by atoms with Gasteiger partial charge in [0.15, 0.2) is 0 Å². The Bertz CT molecular complexity index is 4420. The molecule has 41 heteroatoms. The van der Waals surface area contributed by atoms with Crippen molar-refractivity contribution in [3.05, 3.63) is 117 Å². The number of halogens is 10. The van der Waals surface area contributed by atoms with E-state index in [1.807, 2.05) is 36.4 Å². The highest BCUT2D eigenvalue weighted by Gasteiger charge is 2.38. The second-order valence-electron chi connectivity index (χ2n) is 36.6. The predicted octanol–water partition coefficient (Wildman–Crippen LogP) is 15.0. The minimum Gasteiger partial charge on any atom is -0.444 e. The van der Waals surface area contributed by atoms with Gasteiger partial charge in [-0.15, -0.1) is 0 Å². The predicted molar refractivity (Wildman–Crippen MR) is 469 cm³/mol. The standard InChI is InChI=1S/2C21H29F2N3O4.C17H25F2N3O3.C16H21F2N3O2.C14H18N2O3.C2H5F2N/c2*1-21(2,3)30-20(28)26(11-17(22)23)10-16-15(14-8-9-29-12-14)6-7-18(24-16)25-19(27)13-4-5-13;1-17(2,3)25-16(23)22(9-14(18)19)8-13-12(4-5-15(20)21-13)11-6-7-24-10-11;17-14(18)8-19-7-13-12(11-5-6-23-9-11)3-4-15(20-13)21-16(22)10-1-2-10;17-7-12-11(10-5-6-19-8-10)3-4-13(15-12)16-14(18)9-1-2-9;3-2(4)1-5/h2*6-7,13-14,17H,4-5,8-12H2,1-3H3,(H,24,25,27);4-5,11,14H,6-10H2,1-3H3,(H2,20,21);3-4,10-11,14,19H,1-2,5-9H2,(H,20,21,22);3-4,9-10,17H,1-2,5-8H2,(H,15,16,18);2H,1,5H2. The van der Waals surface area contributed by atoms with Crippen molar-refractivity contribution < 1.29 is 120 Å². The molecule has 732 valence electrons. The van der Waals surface area contributed by atoms with Crippen molar-refractivity contribution >= 4 is 71.0 Å². The van der Waals surface area contributed by atoms with Gasteiger partial charge in [-0.1, -0.05) is 30.3 Å². The molecule has 5 unspecified atom stereocenters. The quantitative estimate of drug-likeness (QED) is 0.0151. The molecule has 10 N–H and O–H groups in total. The molecule has 9 fully saturated rings. The Morgan fingerprint density at radius 1 is 0.379 bits per heavy atom. The second-order valence-corrected chi connectivity index (χ2v) is 36.6. The lowest BCUT2D eigenvalue weighted by Crippen LogP contribution is -2.39. The first-order valence-corrected chi connectivity index (χ1v) is 44.8. The molecule has 0 aromatic carbocycles. The number of carbonyl (C=O) groups is 7. The lowest BCUT2D eigenvalue weighted by molar-refractivity contribution is -0.118. The van der Waals surface area contributed by atoms with Gasteiger partial charge in [-0.25, -0.2) is 83.2 Å². The van der Waals surface area contributed by atoms with Crippen LogP contribution in [-0.2, 0) is 89.9 Å². The van der Waals surface area contributed by atoms with Gasteiger partial charge in [0.05, 0.1) is 120 Å². The number of rotatable bonds is 31. The third kappa shape index (κ3) is 36.9. The van der Waals surface area contributed by atoms with Crippen LogP contribution in [0.25, 0.3) is 0 Å². The lowest BCUT2D eigenvalue weighted by Gasteiger charge is -2.28. The number of amides is 7. The molecular weight excluding hydrogens is 1750 g/mol. The molecule has 4 saturated carbocycles. The summed E-state index contributed by atoms with van der Waals surface area (Å²) < 4.78 is 167. The number of aliphatic hydroxyl groups excluding tert-OH is 1. The van der Waals surface area contributed by atoms with E-state index in [1.54, 1.807) is 86.6 Å². The van der Waals surface area contributed by atoms with Crippen LogP contribution in [0.5, 0.6) is 0 Å². The minimum absolute atomic E-state index is 0.00949. The molecule has 5 saturated heterocycles. The monoisotopic (exact) mass is 1880 g/mol. The van der Waals surface area contributed by atoms with Crippen LogP contribution in [0.4, 0.5) is 87.4 Å². The van der Waals surface area contributed by atoms with E-state index in [0.29, 0.717) is 117 Å². The molecule has 7 amide bonds. The first kappa shape index (κ1) is 106. The third-order valence-electron chi connectivity index (χ3n) is 21.7. The van der Waals surface area contributed by atoms with E-state index in [4.69, 9.17) is 43.6 Å². The van der Waals surface area contributed by atoms with Gasteiger partial charge >= 0.3 is 18.3 Å². The van der Waals surface area contributed by atoms with Crippen LogP contribution in [0, 0.1) is 23.7 Å². The number of hydrogen-bond donors (Lipinski definition) is 8. The summed E-state index contributed by atoms with van der Waals surface area (Å²) in [6, 6.07) is 18.0. The number of aliphatic hydroxyl groups is 1. The average molecular weight is 1880 g/mol. The number of anilines is 5. The number of hydrogen-bond acceptors (Lipinski definition) is 24. The van der Waals surface area contributed by atoms with E-state index in [0.717, 1.165) is 133 Å². The maximum absolute atomic E-state index is 13.2. The average Bonchev–Trinajstić information content (AvgIpc) is 1.84. The number of pyridine rings is 5. The highest BCUT2D eigenvalue weighted by Crippen LogP contribution is 2.39. The first-order valence-electron chi connectivity index (χ1n) is 44.8. The summed E-state index contributed by atoms with van der Waals surface area (Å²) in [6.45, 7) is 17.9. The van der Waals surface area contributed by atoms with Gasteiger partial charge in [0.1, 0.15) is 45.9 Å². The molecule has 9 aliphatic rings. The molecule has 10 heterocycles. The fourth-order valence-electron chi connectivity index (χ4n) is 14.5. The lowest BCUT2D eigenvalue weighted by atomic mass is 9.96. The number of alkyl halides is 10. The Morgan fingerprint density at radius 3 is 0.864 bits per heavy atom. The third-order valence-corrected chi connectivity index (χ3v) is 21.7. The van der Waals surface area contributed by atoms with Crippen molar-refractivity contribution in [1.82, 2.24) is 44.9 Å². The Balaban J connectivity index is 0.000000184. The number of carbonyl (C=O) groups excluding carboxylic acids is 7. The number of nitrogens with one attached hydrogen (secondary N) is 5. The summed E-state index contributed by atoms with van der Waals surface area (Å²) in [5, 5.41) is 23.3. The van der Waals surface area contributed by atoms with Crippen LogP contribution in [-0.4, -0.2) is 234 Å². The highest BCUT2D eigenvalue weighted by atomic mass is 19.3.